The fraction of sp³-hybridized carbons (Fsp3) is 0.235. The fourth-order valence-electron chi connectivity index (χ4n) is 2.69. The van der Waals surface area contributed by atoms with Crippen LogP contribution in [-0.2, 0) is 4.79 Å². The zero-order valence-electron chi connectivity index (χ0n) is 13.9. The number of hydrogen-bond acceptors (Lipinski definition) is 5. The molecule has 0 spiro atoms. The van der Waals surface area contributed by atoms with Crippen molar-refractivity contribution < 1.29 is 14.7 Å². The second-order valence-corrected chi connectivity index (χ2v) is 5.81. The summed E-state index contributed by atoms with van der Waals surface area (Å²) >= 11 is 0. The Morgan fingerprint density at radius 1 is 1.19 bits per heavy atom. The Kier molecular flexibility index (Phi) is 4.78. The molecule has 0 saturated carbocycles. The zero-order valence-corrected chi connectivity index (χ0v) is 13.9. The Morgan fingerprint density at radius 2 is 1.92 bits per heavy atom. The van der Waals surface area contributed by atoms with E-state index in [9.17, 15) is 9.59 Å². The number of carbonyl (C=O) groups is 2. The van der Waals surface area contributed by atoms with E-state index in [1.807, 2.05) is 24.3 Å². The van der Waals surface area contributed by atoms with E-state index in [1.54, 1.807) is 11.1 Å². The van der Waals surface area contributed by atoms with Crippen LogP contribution in [-0.4, -0.2) is 57.4 Å². The number of amides is 2. The van der Waals surface area contributed by atoms with Gasteiger partial charge in [0.15, 0.2) is 0 Å². The molecule has 9 heteroatoms. The smallest absolute Gasteiger partial charge is 0.324 e. The third kappa shape index (κ3) is 3.61. The van der Waals surface area contributed by atoms with Crippen LogP contribution in [0.1, 0.15) is 12.1 Å². The van der Waals surface area contributed by atoms with Gasteiger partial charge in [-0.15, -0.1) is 0 Å². The van der Waals surface area contributed by atoms with E-state index in [4.69, 9.17) is 16.2 Å². The highest BCUT2D eigenvalue weighted by Gasteiger charge is 2.29. The number of hydrogen-bond donors (Lipinski definition) is 3. The highest BCUT2D eigenvalue weighted by atomic mass is 16.4. The van der Waals surface area contributed by atoms with E-state index in [1.165, 1.54) is 11.1 Å². The molecule has 1 aliphatic heterocycles. The molecule has 2 aromatic rings. The predicted octanol–water partition coefficient (Wildman–Crippen LogP) is 1.14. The molecule has 0 aliphatic carbocycles. The molecule has 0 atom stereocenters. The summed E-state index contributed by atoms with van der Waals surface area (Å²) in [7, 11) is 0. The van der Waals surface area contributed by atoms with Crippen molar-refractivity contribution in [2.75, 3.05) is 24.5 Å². The van der Waals surface area contributed by atoms with Crippen molar-refractivity contribution >= 4 is 23.5 Å². The van der Waals surface area contributed by atoms with Crippen LogP contribution in [0.5, 0.6) is 0 Å². The van der Waals surface area contributed by atoms with Crippen LogP contribution in [0.3, 0.4) is 0 Å². The van der Waals surface area contributed by atoms with Gasteiger partial charge in [-0.05, 0) is 12.1 Å². The van der Waals surface area contributed by atoms with Gasteiger partial charge in [-0.25, -0.2) is 9.78 Å². The summed E-state index contributed by atoms with van der Waals surface area (Å²) in [5, 5.41) is 16.1. The topological polar surface area (TPSA) is 136 Å². The number of amidine groups is 1. The van der Waals surface area contributed by atoms with Crippen molar-refractivity contribution in [2.24, 2.45) is 5.73 Å². The molecule has 0 unspecified atom stereocenters. The van der Waals surface area contributed by atoms with Crippen LogP contribution in [0.15, 0.2) is 36.7 Å². The van der Waals surface area contributed by atoms with Crippen molar-refractivity contribution in [3.05, 3.63) is 42.4 Å². The number of nitrogens with zero attached hydrogens (tertiary/aromatic N) is 4. The summed E-state index contributed by atoms with van der Waals surface area (Å²) in [5.41, 5.74) is 7.88. The van der Waals surface area contributed by atoms with E-state index >= 15 is 0 Å². The van der Waals surface area contributed by atoms with Gasteiger partial charge in [-0.2, -0.15) is 0 Å². The van der Waals surface area contributed by atoms with Crippen molar-refractivity contribution in [1.82, 2.24) is 14.9 Å². The molecule has 1 aliphatic rings. The number of urea groups is 1. The van der Waals surface area contributed by atoms with Gasteiger partial charge in [0, 0.05) is 30.9 Å². The van der Waals surface area contributed by atoms with Gasteiger partial charge >= 0.3 is 12.0 Å². The first-order valence-electron chi connectivity index (χ1n) is 8.01. The minimum atomic E-state index is -0.919. The minimum Gasteiger partial charge on any atom is -0.481 e. The van der Waals surface area contributed by atoms with Gasteiger partial charge in [-0.1, -0.05) is 12.1 Å². The quantitative estimate of drug-likeness (QED) is 0.526. The van der Waals surface area contributed by atoms with Crippen LogP contribution in [0.4, 0.5) is 10.5 Å². The van der Waals surface area contributed by atoms with E-state index in [2.05, 4.69) is 9.97 Å². The first-order valence-corrected chi connectivity index (χ1v) is 8.01. The van der Waals surface area contributed by atoms with Gasteiger partial charge in [-0.3, -0.25) is 20.1 Å². The Bertz CT molecular complexity index is 835. The lowest BCUT2D eigenvalue weighted by molar-refractivity contribution is -0.137. The monoisotopic (exact) mass is 354 g/mol. The van der Waals surface area contributed by atoms with Crippen LogP contribution in [0.2, 0.25) is 0 Å². The Hall–Kier alpha value is -3.49. The van der Waals surface area contributed by atoms with Crippen molar-refractivity contribution in [1.29, 1.82) is 5.41 Å². The van der Waals surface area contributed by atoms with Crippen molar-refractivity contribution in [3.8, 4) is 11.3 Å². The maximum absolute atomic E-state index is 12.4. The molecular weight excluding hydrogens is 336 g/mol. The van der Waals surface area contributed by atoms with Gasteiger partial charge < -0.3 is 15.7 Å². The standard InChI is InChI=1S/C17H18N6O3/c18-16(19)14-10-20-13(9-21-14)11-1-3-12(4-2-11)23-8-7-22(17(23)26)6-5-15(24)25/h1-4,9-10H,5-8H2,(H3,18,19)(H,24,25). The second kappa shape index (κ2) is 7.18. The molecule has 0 radical (unpaired) electrons. The summed E-state index contributed by atoms with van der Waals surface area (Å²) in [5.74, 6) is -1.06. The van der Waals surface area contributed by atoms with Crippen molar-refractivity contribution in [2.45, 2.75) is 6.42 Å². The SMILES string of the molecule is N=C(N)c1cnc(-c2ccc(N3CCN(CCC(=O)O)C3=O)cc2)cn1. The first-order chi connectivity index (χ1) is 12.5. The molecule has 3 rings (SSSR count). The molecule has 1 saturated heterocycles. The molecule has 1 aromatic carbocycles. The summed E-state index contributed by atoms with van der Waals surface area (Å²) < 4.78 is 0. The molecule has 0 bridgehead atoms. The van der Waals surface area contributed by atoms with E-state index in [0.717, 1.165) is 11.3 Å². The molecule has 9 nitrogen and oxygen atoms in total. The molecule has 1 fully saturated rings. The van der Waals surface area contributed by atoms with Gasteiger partial charge in [0.25, 0.3) is 0 Å². The highest BCUT2D eigenvalue weighted by Crippen LogP contribution is 2.24. The van der Waals surface area contributed by atoms with Gasteiger partial charge in [0.05, 0.1) is 24.5 Å². The van der Waals surface area contributed by atoms with Gasteiger partial charge in [0.1, 0.15) is 11.5 Å². The average Bonchev–Trinajstić information content (AvgIpc) is 3.01. The van der Waals surface area contributed by atoms with Crippen LogP contribution in [0.25, 0.3) is 11.3 Å². The molecular formula is C17H18N6O3. The van der Waals surface area contributed by atoms with Crippen LogP contribution in [0, 0.1) is 5.41 Å². The Balaban J connectivity index is 1.70. The Labute approximate surface area is 149 Å². The van der Waals surface area contributed by atoms with E-state index in [-0.39, 0.29) is 24.8 Å². The minimum absolute atomic E-state index is 0.0621. The number of nitrogens with one attached hydrogen (secondary N) is 1. The molecule has 2 amide bonds. The lowest BCUT2D eigenvalue weighted by atomic mass is 10.1. The van der Waals surface area contributed by atoms with Gasteiger partial charge in [0.2, 0.25) is 0 Å². The number of aromatic nitrogens is 2. The maximum atomic E-state index is 12.4. The van der Waals surface area contributed by atoms with E-state index < -0.39 is 5.97 Å². The number of aliphatic carboxylic acids is 1. The number of carbonyl (C=O) groups excluding carboxylic acids is 1. The number of carboxylic acid groups (broad SMARTS) is 1. The maximum Gasteiger partial charge on any atom is 0.324 e. The predicted molar refractivity (Wildman–Crippen MR) is 95.1 cm³/mol. The van der Waals surface area contributed by atoms with Crippen LogP contribution >= 0.6 is 0 Å². The first kappa shape index (κ1) is 17.3. The number of carboxylic acids is 1. The number of anilines is 1. The molecule has 1 aromatic heterocycles. The van der Waals surface area contributed by atoms with Crippen LogP contribution < -0.4 is 10.6 Å². The fourth-order valence-corrected chi connectivity index (χ4v) is 2.69. The molecule has 134 valence electrons. The normalized spacial score (nSPS) is 13.9. The summed E-state index contributed by atoms with van der Waals surface area (Å²) in [6.07, 6.45) is 2.92. The summed E-state index contributed by atoms with van der Waals surface area (Å²) in [4.78, 5) is 34.5. The third-order valence-corrected chi connectivity index (χ3v) is 4.09. The summed E-state index contributed by atoms with van der Waals surface area (Å²) in [6.45, 7) is 1.23. The number of nitrogen functional groups attached to an aromatic ring is 1. The number of rotatable bonds is 6. The summed E-state index contributed by atoms with van der Waals surface area (Å²) in [6, 6.07) is 7.10. The second-order valence-electron chi connectivity index (χ2n) is 5.81. The highest BCUT2D eigenvalue weighted by molar-refractivity contribution is 5.94. The Morgan fingerprint density at radius 3 is 2.50 bits per heavy atom. The molecule has 26 heavy (non-hydrogen) atoms. The lowest BCUT2D eigenvalue weighted by Gasteiger charge is -2.18. The largest absolute Gasteiger partial charge is 0.481 e. The van der Waals surface area contributed by atoms with Crippen molar-refractivity contribution in [3.63, 3.8) is 0 Å². The third-order valence-electron chi connectivity index (χ3n) is 4.09. The zero-order chi connectivity index (χ0) is 18.7. The molecule has 2 heterocycles. The number of benzene rings is 1. The molecule has 4 N–H and O–H groups in total. The lowest BCUT2D eigenvalue weighted by Crippen LogP contribution is -2.33. The van der Waals surface area contributed by atoms with E-state index in [0.29, 0.717) is 24.5 Å². The average molecular weight is 354 g/mol. The number of nitrogens with two attached hydrogens (primary N) is 1.